The van der Waals surface area contributed by atoms with E-state index in [1.54, 1.807) is 20.8 Å². The molecule has 2 N–H and O–H groups in total. The Bertz CT molecular complexity index is 392. The fourth-order valence-electron chi connectivity index (χ4n) is 1.24. The molecule has 0 aromatic heterocycles. The molecule has 0 radical (unpaired) electrons. The summed E-state index contributed by atoms with van der Waals surface area (Å²) in [5, 5.41) is 20.3. The minimum absolute atomic E-state index is 0. The summed E-state index contributed by atoms with van der Waals surface area (Å²) >= 11 is 0. The van der Waals surface area contributed by atoms with Crippen molar-refractivity contribution < 1.29 is 16.6 Å². The molecule has 0 aliphatic carbocycles. The Balaban J connectivity index is 0. The Morgan fingerprint density at radius 3 is 2.38 bits per heavy atom. The largest absolute Gasteiger partial charge is 0.313 e. The van der Waals surface area contributed by atoms with E-state index < -0.39 is 5.54 Å². The Labute approximate surface area is 98.6 Å². The van der Waals surface area contributed by atoms with Gasteiger partial charge in [-0.2, -0.15) is 5.06 Å². The normalized spacial score (nSPS) is 12.2. The predicted octanol–water partition coefficient (Wildman–Crippen LogP) is 1.57. The summed E-state index contributed by atoms with van der Waals surface area (Å²) in [5.41, 5.74) is -0.0828. The van der Waals surface area contributed by atoms with Crippen LogP contribution in [0.2, 0.25) is 0 Å². The highest BCUT2D eigenvalue weighted by molar-refractivity contribution is 5.88. The zero-order valence-corrected chi connectivity index (χ0v) is 10.5. The van der Waals surface area contributed by atoms with E-state index in [0.29, 0.717) is 12.1 Å². The lowest BCUT2D eigenvalue weighted by atomic mass is 9.96. The first kappa shape index (κ1) is 14.5. The highest BCUT2D eigenvalue weighted by Crippen LogP contribution is 2.14. The van der Waals surface area contributed by atoms with E-state index in [9.17, 15) is 10.4 Å². The quantitative estimate of drug-likeness (QED) is 0.191. The van der Waals surface area contributed by atoms with E-state index in [1.165, 1.54) is 7.05 Å². The Morgan fingerprint density at radius 1 is 1.44 bits per heavy atom. The molecule has 0 rings (SSSR count). The number of hydroxylamine groups is 3. The highest BCUT2D eigenvalue weighted by Gasteiger charge is 2.36. The van der Waals surface area contributed by atoms with Crippen LogP contribution in [0.15, 0.2) is 0 Å². The Kier molecular flexibility index (Phi) is 5.60. The average molecular weight is 225 g/mol. The molecule has 0 aliphatic heterocycles. The van der Waals surface area contributed by atoms with Gasteiger partial charge >= 0.3 is 0 Å². The van der Waals surface area contributed by atoms with Gasteiger partial charge in [-0.15, -0.1) is 0 Å². The zero-order valence-electron chi connectivity index (χ0n) is 10.5. The lowest BCUT2D eigenvalue weighted by molar-refractivity contribution is -0.713. The van der Waals surface area contributed by atoms with Crippen LogP contribution in [0.3, 0.4) is 0 Å². The fraction of sp³-hybridized carbons (Fsp3) is 0.583. The van der Waals surface area contributed by atoms with Gasteiger partial charge in [-0.25, -0.2) is 0 Å². The molecule has 0 aromatic rings. The summed E-state index contributed by atoms with van der Waals surface area (Å²) in [7, 11) is 1.53. The Hall–Kier alpha value is -1.49. The molecule has 0 unspecified atom stereocenters. The molecule has 0 fully saturated rings. The number of hydrogen-bond donors (Lipinski definition) is 2. The second-order valence-corrected chi connectivity index (χ2v) is 3.81. The van der Waals surface area contributed by atoms with Crippen molar-refractivity contribution >= 4 is 5.71 Å². The first-order valence-electron chi connectivity index (χ1n) is 5.08. The van der Waals surface area contributed by atoms with Gasteiger partial charge in [-0.1, -0.05) is 12.8 Å². The van der Waals surface area contributed by atoms with Crippen molar-refractivity contribution in [3.8, 4) is 23.8 Å². The number of nitrogens with zero attached hydrogens (tertiary/aromatic N) is 2. The van der Waals surface area contributed by atoms with E-state index in [-0.39, 0.29) is 1.43 Å². The van der Waals surface area contributed by atoms with Gasteiger partial charge in [-0.05, 0) is 26.7 Å². The molecule has 4 nitrogen and oxygen atoms in total. The summed E-state index contributed by atoms with van der Waals surface area (Å²) in [6.07, 6.45) is 0.572. The molecule has 0 amide bonds. The maximum absolute atomic E-state index is 9.74. The van der Waals surface area contributed by atoms with Crippen molar-refractivity contribution in [3.63, 3.8) is 0 Å². The third-order valence-corrected chi connectivity index (χ3v) is 2.46. The SMILES string of the molecule is CC#CC#C[N+](O)=C(CC)C(C)(C)N(C)O.[HH]. The standard InChI is InChI=1S/C12H19N2O2.H2/c1-6-8-9-10-14(16)11(7-2)12(3,4)13(5)15;/h15-16H,7H2,1-5H3;1H/q+1;. The van der Waals surface area contributed by atoms with Gasteiger partial charge < -0.3 is 5.21 Å². The molecule has 0 heterocycles. The summed E-state index contributed by atoms with van der Waals surface area (Å²) < 4.78 is 0.830. The van der Waals surface area contributed by atoms with Crippen molar-refractivity contribution in [2.45, 2.75) is 39.7 Å². The van der Waals surface area contributed by atoms with Crippen LogP contribution in [0.25, 0.3) is 0 Å². The van der Waals surface area contributed by atoms with Crippen LogP contribution in [0.5, 0.6) is 0 Å². The van der Waals surface area contributed by atoms with Crippen molar-refractivity contribution in [3.05, 3.63) is 0 Å². The van der Waals surface area contributed by atoms with Gasteiger partial charge in [0.2, 0.25) is 5.71 Å². The van der Waals surface area contributed by atoms with Crippen molar-refractivity contribution in [2.24, 2.45) is 0 Å². The van der Waals surface area contributed by atoms with E-state index in [1.807, 2.05) is 6.92 Å². The highest BCUT2D eigenvalue weighted by atomic mass is 16.5. The summed E-state index contributed by atoms with van der Waals surface area (Å²) in [6.45, 7) is 7.15. The molecular weight excluding hydrogens is 204 g/mol. The van der Waals surface area contributed by atoms with Crippen molar-refractivity contribution in [1.29, 1.82) is 0 Å². The molecular formula is C12H21N2O2+. The van der Waals surface area contributed by atoms with Crippen molar-refractivity contribution in [2.75, 3.05) is 7.05 Å². The smallest absolute Gasteiger partial charge is 0.290 e. The molecule has 0 spiro atoms. The van der Waals surface area contributed by atoms with Gasteiger partial charge in [0.1, 0.15) is 5.54 Å². The Morgan fingerprint density at radius 2 is 2.00 bits per heavy atom. The van der Waals surface area contributed by atoms with Crippen LogP contribution < -0.4 is 0 Å². The van der Waals surface area contributed by atoms with E-state index >= 15 is 0 Å². The first-order chi connectivity index (χ1) is 7.37. The van der Waals surface area contributed by atoms with Crippen LogP contribution in [0.4, 0.5) is 0 Å². The summed E-state index contributed by atoms with van der Waals surface area (Å²) in [6, 6.07) is 2.49. The second kappa shape index (κ2) is 6.17. The lowest BCUT2D eigenvalue weighted by Gasteiger charge is -2.27. The maximum atomic E-state index is 9.74. The molecule has 0 bridgehead atoms. The number of rotatable bonds is 3. The van der Waals surface area contributed by atoms with Crippen LogP contribution in [-0.4, -0.2) is 38.5 Å². The summed E-state index contributed by atoms with van der Waals surface area (Å²) in [5.74, 6) is 7.65. The van der Waals surface area contributed by atoms with E-state index in [0.717, 1.165) is 9.80 Å². The fourth-order valence-corrected chi connectivity index (χ4v) is 1.24. The van der Waals surface area contributed by atoms with Gasteiger partial charge in [0, 0.05) is 14.9 Å². The van der Waals surface area contributed by atoms with Gasteiger partial charge in [0.15, 0.2) is 0 Å². The molecule has 90 valence electrons. The molecule has 0 atom stereocenters. The van der Waals surface area contributed by atoms with Gasteiger partial charge in [-0.3, -0.25) is 5.21 Å². The van der Waals surface area contributed by atoms with Crippen LogP contribution in [0, 0.1) is 23.8 Å². The third-order valence-electron chi connectivity index (χ3n) is 2.46. The molecule has 0 saturated heterocycles. The molecule has 16 heavy (non-hydrogen) atoms. The van der Waals surface area contributed by atoms with Crippen LogP contribution >= 0.6 is 0 Å². The van der Waals surface area contributed by atoms with Gasteiger partial charge in [0.05, 0.1) is 10.7 Å². The molecule has 0 saturated carbocycles. The molecule has 0 aliphatic rings. The third kappa shape index (κ3) is 3.58. The topological polar surface area (TPSA) is 46.7 Å². The van der Waals surface area contributed by atoms with Crippen LogP contribution in [-0.2, 0) is 0 Å². The first-order valence-corrected chi connectivity index (χ1v) is 5.08. The van der Waals surface area contributed by atoms with E-state index in [2.05, 4.69) is 23.8 Å². The van der Waals surface area contributed by atoms with Gasteiger partial charge in [0.25, 0.3) is 6.04 Å². The monoisotopic (exact) mass is 225 g/mol. The predicted molar refractivity (Wildman–Crippen MR) is 64.3 cm³/mol. The zero-order chi connectivity index (χ0) is 12.8. The van der Waals surface area contributed by atoms with Crippen LogP contribution in [0.1, 0.15) is 35.5 Å². The van der Waals surface area contributed by atoms with E-state index in [4.69, 9.17) is 0 Å². The summed E-state index contributed by atoms with van der Waals surface area (Å²) in [4.78, 5) is 0. The molecule has 4 heteroatoms. The molecule has 0 aromatic carbocycles. The lowest BCUT2D eigenvalue weighted by Crippen LogP contribution is -2.48. The minimum atomic E-state index is -0.683. The number of hydrogen-bond acceptors (Lipinski definition) is 3. The van der Waals surface area contributed by atoms with Crippen molar-refractivity contribution in [1.82, 2.24) is 5.06 Å². The second-order valence-electron chi connectivity index (χ2n) is 3.81. The minimum Gasteiger partial charge on any atom is -0.313 e. The maximum Gasteiger partial charge on any atom is 0.290 e. The average Bonchev–Trinajstić information content (AvgIpc) is 2.18.